The average Bonchev–Trinajstić information content (AvgIpc) is 3.01. The standard InChI is InChI=1S/C17H24N2O3/c1-12(18)4-7-17(20)19-8-2-3-14(19)13-5-6-15-16(11-13)22-10-9-21-15/h5-6,11-12,14H,2-4,7-10,18H2,1H3. The number of rotatable bonds is 4. The lowest BCUT2D eigenvalue weighted by atomic mass is 10.0. The molecule has 0 radical (unpaired) electrons. The van der Waals surface area contributed by atoms with Gasteiger partial charge in [-0.15, -0.1) is 0 Å². The molecule has 0 saturated carbocycles. The Kier molecular flexibility index (Phi) is 4.52. The van der Waals surface area contributed by atoms with Gasteiger partial charge in [-0.3, -0.25) is 4.79 Å². The van der Waals surface area contributed by atoms with Crippen molar-refractivity contribution in [3.05, 3.63) is 23.8 Å². The lowest BCUT2D eigenvalue weighted by molar-refractivity contribution is -0.132. The second kappa shape index (κ2) is 6.57. The predicted octanol–water partition coefficient (Wildman–Crippen LogP) is 2.25. The first kappa shape index (κ1) is 15.2. The summed E-state index contributed by atoms with van der Waals surface area (Å²) in [5.41, 5.74) is 6.90. The van der Waals surface area contributed by atoms with Gasteiger partial charge in [0, 0.05) is 19.0 Å². The molecular formula is C17H24N2O3. The molecule has 2 unspecified atom stereocenters. The Morgan fingerprint density at radius 2 is 2.14 bits per heavy atom. The van der Waals surface area contributed by atoms with Crippen molar-refractivity contribution in [3.8, 4) is 11.5 Å². The zero-order valence-corrected chi connectivity index (χ0v) is 13.1. The summed E-state index contributed by atoms with van der Waals surface area (Å²) in [4.78, 5) is 14.4. The van der Waals surface area contributed by atoms with Crippen LogP contribution < -0.4 is 15.2 Å². The molecule has 1 aromatic rings. The normalized spacial score (nSPS) is 21.7. The van der Waals surface area contributed by atoms with E-state index in [1.54, 1.807) is 0 Å². The van der Waals surface area contributed by atoms with Crippen molar-refractivity contribution in [1.29, 1.82) is 0 Å². The number of hydrogen-bond donors (Lipinski definition) is 1. The summed E-state index contributed by atoms with van der Waals surface area (Å²) in [7, 11) is 0. The van der Waals surface area contributed by atoms with Gasteiger partial charge in [-0.1, -0.05) is 6.07 Å². The fourth-order valence-electron chi connectivity index (χ4n) is 3.17. The summed E-state index contributed by atoms with van der Waals surface area (Å²) < 4.78 is 11.2. The number of ether oxygens (including phenoxy) is 2. The predicted molar refractivity (Wildman–Crippen MR) is 84.0 cm³/mol. The van der Waals surface area contributed by atoms with Crippen molar-refractivity contribution in [2.24, 2.45) is 5.73 Å². The highest BCUT2D eigenvalue weighted by Crippen LogP contribution is 2.38. The number of nitrogens with two attached hydrogens (primary N) is 1. The van der Waals surface area contributed by atoms with Crippen LogP contribution in [0.3, 0.4) is 0 Å². The molecule has 22 heavy (non-hydrogen) atoms. The maximum Gasteiger partial charge on any atom is 0.223 e. The van der Waals surface area contributed by atoms with Crippen LogP contribution in [0.4, 0.5) is 0 Å². The van der Waals surface area contributed by atoms with Gasteiger partial charge in [-0.2, -0.15) is 0 Å². The van der Waals surface area contributed by atoms with Gasteiger partial charge in [0.25, 0.3) is 0 Å². The van der Waals surface area contributed by atoms with Crippen molar-refractivity contribution >= 4 is 5.91 Å². The fourth-order valence-corrected chi connectivity index (χ4v) is 3.17. The number of carbonyl (C=O) groups excluding carboxylic acids is 1. The minimum atomic E-state index is 0.0688. The molecule has 1 aromatic carbocycles. The van der Waals surface area contributed by atoms with E-state index in [-0.39, 0.29) is 18.0 Å². The Balaban J connectivity index is 1.74. The number of benzene rings is 1. The first-order chi connectivity index (χ1) is 10.6. The van der Waals surface area contributed by atoms with Gasteiger partial charge in [-0.05, 0) is 43.9 Å². The Hall–Kier alpha value is -1.75. The minimum Gasteiger partial charge on any atom is -0.486 e. The van der Waals surface area contributed by atoms with Gasteiger partial charge in [0.05, 0.1) is 6.04 Å². The molecule has 5 heteroatoms. The van der Waals surface area contributed by atoms with E-state index in [9.17, 15) is 4.79 Å². The van der Waals surface area contributed by atoms with Crippen molar-refractivity contribution < 1.29 is 14.3 Å². The summed E-state index contributed by atoms with van der Waals surface area (Å²) >= 11 is 0. The smallest absolute Gasteiger partial charge is 0.223 e. The molecular weight excluding hydrogens is 280 g/mol. The Labute approximate surface area is 131 Å². The van der Waals surface area contributed by atoms with Gasteiger partial charge in [-0.25, -0.2) is 0 Å². The van der Waals surface area contributed by atoms with Crippen molar-refractivity contribution in [3.63, 3.8) is 0 Å². The quantitative estimate of drug-likeness (QED) is 0.926. The third kappa shape index (κ3) is 3.19. The van der Waals surface area contributed by atoms with Crippen LogP contribution in [0.15, 0.2) is 18.2 Å². The van der Waals surface area contributed by atoms with Crippen LogP contribution in [-0.2, 0) is 4.79 Å². The first-order valence-electron chi connectivity index (χ1n) is 8.10. The first-order valence-corrected chi connectivity index (χ1v) is 8.10. The monoisotopic (exact) mass is 304 g/mol. The Bertz CT molecular complexity index is 545. The minimum absolute atomic E-state index is 0.0688. The lowest BCUT2D eigenvalue weighted by Gasteiger charge is -2.27. The summed E-state index contributed by atoms with van der Waals surface area (Å²) in [6, 6.07) is 6.24. The maximum atomic E-state index is 12.4. The third-order valence-corrected chi connectivity index (χ3v) is 4.34. The van der Waals surface area contributed by atoms with Crippen molar-refractivity contribution in [2.45, 2.75) is 44.7 Å². The average molecular weight is 304 g/mol. The Morgan fingerprint density at radius 3 is 2.91 bits per heavy atom. The summed E-state index contributed by atoms with van der Waals surface area (Å²) in [5, 5.41) is 0. The highest BCUT2D eigenvalue weighted by molar-refractivity contribution is 5.77. The molecule has 0 aliphatic carbocycles. The zero-order valence-electron chi connectivity index (χ0n) is 13.1. The highest BCUT2D eigenvalue weighted by atomic mass is 16.6. The van der Waals surface area contributed by atoms with E-state index >= 15 is 0 Å². The van der Waals surface area contributed by atoms with Crippen LogP contribution in [0.1, 0.15) is 44.2 Å². The molecule has 2 atom stereocenters. The van der Waals surface area contributed by atoms with E-state index in [2.05, 4.69) is 6.07 Å². The topological polar surface area (TPSA) is 64.8 Å². The molecule has 0 spiro atoms. The van der Waals surface area contributed by atoms with E-state index in [1.807, 2.05) is 24.0 Å². The van der Waals surface area contributed by atoms with Gasteiger partial charge < -0.3 is 20.1 Å². The zero-order chi connectivity index (χ0) is 15.5. The molecule has 0 aromatic heterocycles. The molecule has 1 saturated heterocycles. The number of hydrogen-bond acceptors (Lipinski definition) is 4. The molecule has 2 aliphatic rings. The second-order valence-electron chi connectivity index (χ2n) is 6.16. The molecule has 5 nitrogen and oxygen atoms in total. The van der Waals surface area contributed by atoms with Gasteiger partial charge >= 0.3 is 0 Å². The third-order valence-electron chi connectivity index (χ3n) is 4.34. The molecule has 120 valence electrons. The molecule has 3 rings (SSSR count). The fraction of sp³-hybridized carbons (Fsp3) is 0.588. The van der Waals surface area contributed by atoms with E-state index in [1.165, 1.54) is 0 Å². The van der Waals surface area contributed by atoms with Crippen LogP contribution in [0.25, 0.3) is 0 Å². The summed E-state index contributed by atoms with van der Waals surface area (Å²) in [5.74, 6) is 1.79. The van der Waals surface area contributed by atoms with Gasteiger partial charge in [0.1, 0.15) is 13.2 Å². The molecule has 1 fully saturated rings. The number of likely N-dealkylation sites (tertiary alicyclic amines) is 1. The number of amides is 1. The van der Waals surface area contributed by atoms with E-state index in [4.69, 9.17) is 15.2 Å². The molecule has 2 aliphatic heterocycles. The summed E-state index contributed by atoms with van der Waals surface area (Å²) in [6.45, 7) is 3.95. The van der Waals surface area contributed by atoms with Crippen molar-refractivity contribution in [2.75, 3.05) is 19.8 Å². The van der Waals surface area contributed by atoms with Crippen LogP contribution in [0.5, 0.6) is 11.5 Å². The second-order valence-corrected chi connectivity index (χ2v) is 6.16. The van der Waals surface area contributed by atoms with Gasteiger partial charge in [0.15, 0.2) is 11.5 Å². The molecule has 2 N–H and O–H groups in total. The largest absolute Gasteiger partial charge is 0.486 e. The lowest BCUT2D eigenvalue weighted by Crippen LogP contribution is -2.31. The maximum absolute atomic E-state index is 12.4. The number of carbonyl (C=O) groups is 1. The molecule has 2 heterocycles. The van der Waals surface area contributed by atoms with Crippen LogP contribution in [-0.4, -0.2) is 36.6 Å². The van der Waals surface area contributed by atoms with Crippen LogP contribution in [0, 0.1) is 0 Å². The number of fused-ring (bicyclic) bond motifs is 1. The van der Waals surface area contributed by atoms with Crippen LogP contribution >= 0.6 is 0 Å². The number of nitrogens with zero attached hydrogens (tertiary/aromatic N) is 1. The van der Waals surface area contributed by atoms with E-state index < -0.39 is 0 Å². The van der Waals surface area contributed by atoms with E-state index in [0.717, 1.165) is 42.9 Å². The van der Waals surface area contributed by atoms with E-state index in [0.29, 0.717) is 19.6 Å². The van der Waals surface area contributed by atoms with Crippen LogP contribution in [0.2, 0.25) is 0 Å². The van der Waals surface area contributed by atoms with Gasteiger partial charge in [0.2, 0.25) is 5.91 Å². The summed E-state index contributed by atoms with van der Waals surface area (Å²) in [6.07, 6.45) is 3.31. The molecule has 0 bridgehead atoms. The van der Waals surface area contributed by atoms with Crippen molar-refractivity contribution in [1.82, 2.24) is 4.90 Å². The Morgan fingerprint density at radius 1 is 1.36 bits per heavy atom. The SMILES string of the molecule is CC(N)CCC(=O)N1CCCC1c1ccc2c(c1)OCCO2. The highest BCUT2D eigenvalue weighted by Gasteiger charge is 2.30. The molecule has 1 amide bonds.